The van der Waals surface area contributed by atoms with Crippen molar-refractivity contribution in [3.8, 4) is 0 Å². The Morgan fingerprint density at radius 3 is 2.07 bits per heavy atom. The number of hydrogen-bond donors (Lipinski definition) is 1. The molecule has 0 aromatic heterocycles. The van der Waals surface area contributed by atoms with Crippen molar-refractivity contribution in [3.63, 3.8) is 0 Å². The molecule has 0 aliphatic carbocycles. The predicted molar refractivity (Wildman–Crippen MR) is 48.8 cm³/mol. The van der Waals surface area contributed by atoms with Crippen LogP contribution >= 0.6 is 0 Å². The Balaban J connectivity index is 3.05. The van der Waals surface area contributed by atoms with Gasteiger partial charge < -0.3 is 5.73 Å². The molecule has 15 heavy (non-hydrogen) atoms. The number of hydrogen-bond acceptors (Lipinski definition) is 1. The predicted octanol–water partition coefficient (Wildman–Crippen LogP) is 2.41. The first-order valence-corrected chi connectivity index (χ1v) is 4.38. The van der Waals surface area contributed by atoms with Gasteiger partial charge in [0, 0.05) is 12.0 Å². The smallest absolute Gasteiger partial charge is 0.264 e. The minimum absolute atomic E-state index is 0.352. The van der Waals surface area contributed by atoms with E-state index in [4.69, 9.17) is 5.73 Å². The molecule has 0 bridgehead atoms. The summed E-state index contributed by atoms with van der Waals surface area (Å²) in [5, 5.41) is 0. The van der Waals surface area contributed by atoms with Crippen molar-refractivity contribution in [2.45, 2.75) is 19.3 Å². The van der Waals surface area contributed by atoms with Gasteiger partial charge in [-0.2, -0.15) is 0 Å². The van der Waals surface area contributed by atoms with Crippen molar-refractivity contribution >= 4 is 0 Å². The SMILES string of the molecule is Cc1cc(F)c(CC(F)(F)CN)c(F)c1. The van der Waals surface area contributed by atoms with Crippen molar-refractivity contribution < 1.29 is 17.6 Å². The van der Waals surface area contributed by atoms with E-state index in [1.54, 1.807) is 0 Å². The molecule has 2 N–H and O–H groups in total. The van der Waals surface area contributed by atoms with Crippen LogP contribution in [0.5, 0.6) is 0 Å². The Hall–Kier alpha value is -1.10. The number of alkyl halides is 2. The highest BCUT2D eigenvalue weighted by Gasteiger charge is 2.30. The zero-order chi connectivity index (χ0) is 11.6. The Bertz CT molecular complexity index is 339. The van der Waals surface area contributed by atoms with Gasteiger partial charge in [-0.05, 0) is 24.6 Å². The molecule has 84 valence electrons. The Morgan fingerprint density at radius 1 is 1.20 bits per heavy atom. The summed E-state index contributed by atoms with van der Waals surface area (Å²) in [5.74, 6) is -5.20. The number of nitrogens with two attached hydrogens (primary N) is 1. The topological polar surface area (TPSA) is 26.0 Å². The molecule has 1 nitrogen and oxygen atoms in total. The van der Waals surface area contributed by atoms with Crippen molar-refractivity contribution in [3.05, 3.63) is 34.9 Å². The molecule has 0 radical (unpaired) electrons. The normalized spacial score (nSPS) is 11.9. The van der Waals surface area contributed by atoms with Crippen LogP contribution in [0.4, 0.5) is 17.6 Å². The Morgan fingerprint density at radius 2 is 1.67 bits per heavy atom. The van der Waals surface area contributed by atoms with Crippen LogP contribution in [0, 0.1) is 18.6 Å². The van der Waals surface area contributed by atoms with Gasteiger partial charge in [-0.3, -0.25) is 0 Å². The summed E-state index contributed by atoms with van der Waals surface area (Å²) in [6, 6.07) is 2.04. The standard InChI is InChI=1S/C10H11F4N/c1-6-2-8(11)7(9(12)3-6)4-10(13,14)5-15/h2-3H,4-5,15H2,1H3. The van der Waals surface area contributed by atoms with Gasteiger partial charge in [-0.15, -0.1) is 0 Å². The monoisotopic (exact) mass is 221 g/mol. The fraction of sp³-hybridized carbons (Fsp3) is 0.400. The molecule has 1 rings (SSSR count). The van der Waals surface area contributed by atoms with Crippen molar-refractivity contribution in [2.24, 2.45) is 5.73 Å². The quantitative estimate of drug-likeness (QED) is 0.779. The number of halogens is 4. The summed E-state index contributed by atoms with van der Waals surface area (Å²) in [5.41, 5.74) is 4.53. The van der Waals surface area contributed by atoms with E-state index in [0.29, 0.717) is 5.56 Å². The first kappa shape index (κ1) is 12.0. The highest BCUT2D eigenvalue weighted by atomic mass is 19.3. The zero-order valence-corrected chi connectivity index (χ0v) is 8.16. The molecule has 0 heterocycles. The lowest BCUT2D eigenvalue weighted by Gasteiger charge is -2.15. The van der Waals surface area contributed by atoms with E-state index in [9.17, 15) is 17.6 Å². The summed E-state index contributed by atoms with van der Waals surface area (Å²) in [4.78, 5) is 0. The largest absolute Gasteiger partial charge is 0.325 e. The molecule has 1 aromatic carbocycles. The molecule has 0 aliphatic rings. The summed E-state index contributed by atoms with van der Waals surface area (Å²) in [6.45, 7) is 0.552. The summed E-state index contributed by atoms with van der Waals surface area (Å²) in [7, 11) is 0. The van der Waals surface area contributed by atoms with Crippen LogP contribution in [-0.2, 0) is 6.42 Å². The van der Waals surface area contributed by atoms with Gasteiger partial charge in [0.2, 0.25) is 0 Å². The van der Waals surface area contributed by atoms with Crippen molar-refractivity contribution in [1.82, 2.24) is 0 Å². The van der Waals surface area contributed by atoms with E-state index in [2.05, 4.69) is 0 Å². The summed E-state index contributed by atoms with van der Waals surface area (Å²) >= 11 is 0. The summed E-state index contributed by atoms with van der Waals surface area (Å²) in [6.07, 6.45) is -1.01. The van der Waals surface area contributed by atoms with Crippen LogP contribution in [0.1, 0.15) is 11.1 Å². The van der Waals surface area contributed by atoms with E-state index in [0.717, 1.165) is 12.1 Å². The molecule has 1 aromatic rings. The maximum absolute atomic E-state index is 13.2. The average Bonchev–Trinajstić information content (AvgIpc) is 2.11. The molecule has 0 spiro atoms. The second kappa shape index (κ2) is 4.18. The van der Waals surface area contributed by atoms with E-state index in [1.165, 1.54) is 6.92 Å². The van der Waals surface area contributed by atoms with E-state index in [-0.39, 0.29) is 0 Å². The van der Waals surface area contributed by atoms with Gasteiger partial charge in [0.1, 0.15) is 11.6 Å². The van der Waals surface area contributed by atoms with Crippen LogP contribution in [0.15, 0.2) is 12.1 Å². The van der Waals surface area contributed by atoms with Gasteiger partial charge in [0.05, 0.1) is 6.54 Å². The maximum Gasteiger partial charge on any atom is 0.264 e. The maximum atomic E-state index is 13.2. The van der Waals surface area contributed by atoms with Gasteiger partial charge in [0.15, 0.2) is 0 Å². The molecule has 0 saturated carbocycles. The van der Waals surface area contributed by atoms with E-state index < -0.39 is 36.1 Å². The molecule has 0 atom stereocenters. The van der Waals surface area contributed by atoms with Crippen LogP contribution in [0.2, 0.25) is 0 Å². The van der Waals surface area contributed by atoms with E-state index >= 15 is 0 Å². The lowest BCUT2D eigenvalue weighted by Crippen LogP contribution is -2.31. The molecule has 0 saturated heterocycles. The van der Waals surface area contributed by atoms with Gasteiger partial charge in [-0.25, -0.2) is 17.6 Å². The minimum Gasteiger partial charge on any atom is -0.325 e. The third-order valence-electron chi connectivity index (χ3n) is 2.02. The number of aryl methyl sites for hydroxylation is 1. The first-order chi connectivity index (χ1) is 6.85. The third-order valence-corrected chi connectivity index (χ3v) is 2.02. The fourth-order valence-corrected chi connectivity index (χ4v) is 1.23. The summed E-state index contributed by atoms with van der Waals surface area (Å²) < 4.78 is 52.0. The van der Waals surface area contributed by atoms with Gasteiger partial charge in [0.25, 0.3) is 5.92 Å². The van der Waals surface area contributed by atoms with Crippen LogP contribution in [0.25, 0.3) is 0 Å². The molecule has 5 heteroatoms. The van der Waals surface area contributed by atoms with Gasteiger partial charge >= 0.3 is 0 Å². The number of benzene rings is 1. The molecule has 0 unspecified atom stereocenters. The Labute approximate surface area is 84.9 Å². The Kier molecular flexibility index (Phi) is 3.34. The fourth-order valence-electron chi connectivity index (χ4n) is 1.23. The highest BCUT2D eigenvalue weighted by molar-refractivity contribution is 5.26. The van der Waals surface area contributed by atoms with Gasteiger partial charge in [-0.1, -0.05) is 0 Å². The molecule has 0 aliphatic heterocycles. The van der Waals surface area contributed by atoms with Crippen molar-refractivity contribution in [1.29, 1.82) is 0 Å². The van der Waals surface area contributed by atoms with Crippen LogP contribution in [0.3, 0.4) is 0 Å². The average molecular weight is 221 g/mol. The lowest BCUT2D eigenvalue weighted by molar-refractivity contribution is 0.00979. The molecule has 0 amide bonds. The second-order valence-electron chi connectivity index (χ2n) is 3.44. The second-order valence-corrected chi connectivity index (χ2v) is 3.44. The van der Waals surface area contributed by atoms with Crippen molar-refractivity contribution in [2.75, 3.05) is 6.54 Å². The molecular formula is C10H11F4N. The van der Waals surface area contributed by atoms with Crippen LogP contribution in [-0.4, -0.2) is 12.5 Å². The minimum atomic E-state index is -3.28. The highest BCUT2D eigenvalue weighted by Crippen LogP contribution is 2.23. The zero-order valence-electron chi connectivity index (χ0n) is 8.16. The molecular weight excluding hydrogens is 210 g/mol. The third kappa shape index (κ3) is 2.92. The van der Waals surface area contributed by atoms with Crippen LogP contribution < -0.4 is 5.73 Å². The van der Waals surface area contributed by atoms with E-state index in [1.807, 2.05) is 0 Å². The number of rotatable bonds is 3. The lowest BCUT2D eigenvalue weighted by atomic mass is 10.0. The first-order valence-electron chi connectivity index (χ1n) is 4.38. The molecule has 0 fully saturated rings.